The smallest absolute Gasteiger partial charge is 0.227 e. The maximum absolute atomic E-state index is 12.0. The zero-order valence-corrected chi connectivity index (χ0v) is 15.0. The summed E-state index contributed by atoms with van der Waals surface area (Å²) in [6, 6.07) is 10.9. The van der Waals surface area contributed by atoms with E-state index in [0.29, 0.717) is 24.0 Å². The molecule has 3 aromatic rings. The number of hydrogen-bond acceptors (Lipinski definition) is 6. The number of anilines is 1. The molecule has 0 bridgehead atoms. The van der Waals surface area contributed by atoms with E-state index in [4.69, 9.17) is 9.26 Å². The zero-order chi connectivity index (χ0) is 17.6. The Balaban J connectivity index is 1.55. The van der Waals surface area contributed by atoms with Gasteiger partial charge in [0.15, 0.2) is 0 Å². The second-order valence-electron chi connectivity index (χ2n) is 5.15. The van der Waals surface area contributed by atoms with Crippen LogP contribution in [0.25, 0.3) is 11.4 Å². The zero-order valence-electron chi connectivity index (χ0n) is 13.4. The summed E-state index contributed by atoms with van der Waals surface area (Å²) in [7, 11) is 1.61. The molecule has 25 heavy (non-hydrogen) atoms. The number of methoxy groups -OCH3 is 1. The van der Waals surface area contributed by atoms with Crippen LogP contribution in [-0.2, 0) is 11.2 Å². The third-order valence-electron chi connectivity index (χ3n) is 3.38. The van der Waals surface area contributed by atoms with E-state index in [1.165, 1.54) is 0 Å². The van der Waals surface area contributed by atoms with Crippen LogP contribution in [0.5, 0.6) is 5.75 Å². The average Bonchev–Trinajstić information content (AvgIpc) is 3.11. The van der Waals surface area contributed by atoms with Crippen molar-refractivity contribution in [1.82, 2.24) is 15.1 Å². The summed E-state index contributed by atoms with van der Waals surface area (Å²) in [5, 5.41) is 6.65. The molecule has 0 aliphatic heterocycles. The normalized spacial score (nSPS) is 10.5. The summed E-state index contributed by atoms with van der Waals surface area (Å²) in [5.41, 5.74) is 0.819. The van der Waals surface area contributed by atoms with Crippen LogP contribution in [0.1, 0.15) is 12.3 Å². The van der Waals surface area contributed by atoms with Crippen LogP contribution in [0.2, 0.25) is 0 Å². The largest absolute Gasteiger partial charge is 0.497 e. The first-order valence-corrected chi connectivity index (χ1v) is 8.32. The number of aromatic nitrogens is 3. The van der Waals surface area contributed by atoms with Gasteiger partial charge in [0.2, 0.25) is 17.6 Å². The molecule has 0 spiro atoms. The number of hydrogen-bond donors (Lipinski definition) is 1. The molecule has 2 aromatic heterocycles. The minimum Gasteiger partial charge on any atom is -0.497 e. The average molecular weight is 403 g/mol. The summed E-state index contributed by atoms with van der Waals surface area (Å²) in [5.74, 6) is 1.97. The fourth-order valence-corrected chi connectivity index (χ4v) is 2.32. The van der Waals surface area contributed by atoms with E-state index in [-0.39, 0.29) is 12.3 Å². The van der Waals surface area contributed by atoms with Crippen LogP contribution < -0.4 is 10.1 Å². The number of amides is 1. The number of carbonyl (C=O) groups is 1. The Labute approximate surface area is 152 Å². The van der Waals surface area contributed by atoms with Gasteiger partial charge in [-0.25, -0.2) is 4.98 Å². The standard InChI is InChI=1S/C17H15BrN4O3/c1-24-13-5-2-11(3-6-13)17-21-16(25-22-17)9-8-15(23)20-14-7-4-12(18)10-19-14/h2-7,10H,8-9H2,1H3,(H,19,20,23). The molecule has 0 saturated carbocycles. The summed E-state index contributed by atoms with van der Waals surface area (Å²) in [6.45, 7) is 0. The van der Waals surface area contributed by atoms with Crippen molar-refractivity contribution in [2.45, 2.75) is 12.8 Å². The monoisotopic (exact) mass is 402 g/mol. The van der Waals surface area contributed by atoms with E-state index < -0.39 is 0 Å². The van der Waals surface area contributed by atoms with Crippen LogP contribution in [0.15, 0.2) is 51.6 Å². The maximum Gasteiger partial charge on any atom is 0.227 e. The van der Waals surface area contributed by atoms with E-state index in [1.54, 1.807) is 19.4 Å². The van der Waals surface area contributed by atoms with Gasteiger partial charge in [0, 0.05) is 29.1 Å². The molecule has 0 fully saturated rings. The van der Waals surface area contributed by atoms with E-state index in [2.05, 4.69) is 36.4 Å². The third kappa shape index (κ3) is 4.63. The molecule has 0 unspecified atom stereocenters. The van der Waals surface area contributed by atoms with Crippen molar-refractivity contribution in [3.05, 3.63) is 53.0 Å². The van der Waals surface area contributed by atoms with Crippen molar-refractivity contribution in [2.24, 2.45) is 0 Å². The first kappa shape index (κ1) is 17.1. The van der Waals surface area contributed by atoms with Gasteiger partial charge in [-0.15, -0.1) is 0 Å². The predicted molar refractivity (Wildman–Crippen MR) is 95.2 cm³/mol. The molecule has 2 heterocycles. The second-order valence-corrected chi connectivity index (χ2v) is 6.07. The van der Waals surface area contributed by atoms with Crippen LogP contribution >= 0.6 is 15.9 Å². The summed E-state index contributed by atoms with van der Waals surface area (Å²) >= 11 is 3.29. The number of halogens is 1. The highest BCUT2D eigenvalue weighted by Gasteiger charge is 2.11. The number of ether oxygens (including phenoxy) is 1. The fraction of sp³-hybridized carbons (Fsp3) is 0.176. The van der Waals surface area contributed by atoms with Crippen molar-refractivity contribution >= 4 is 27.7 Å². The van der Waals surface area contributed by atoms with Gasteiger partial charge >= 0.3 is 0 Å². The SMILES string of the molecule is COc1ccc(-c2noc(CCC(=O)Nc3ccc(Br)cn3)n2)cc1. The molecule has 128 valence electrons. The molecule has 0 radical (unpaired) electrons. The molecule has 0 atom stereocenters. The quantitative estimate of drug-likeness (QED) is 0.678. The van der Waals surface area contributed by atoms with Gasteiger partial charge in [-0.1, -0.05) is 5.16 Å². The summed E-state index contributed by atoms with van der Waals surface area (Å²) < 4.78 is 11.2. The number of aryl methyl sites for hydroxylation is 1. The number of nitrogens with zero attached hydrogens (tertiary/aromatic N) is 3. The van der Waals surface area contributed by atoms with Crippen LogP contribution in [0, 0.1) is 0 Å². The highest BCUT2D eigenvalue weighted by Crippen LogP contribution is 2.20. The number of benzene rings is 1. The molecule has 1 aromatic carbocycles. The number of carbonyl (C=O) groups excluding carboxylic acids is 1. The minimum atomic E-state index is -0.168. The Kier molecular flexibility index (Phi) is 5.39. The third-order valence-corrected chi connectivity index (χ3v) is 3.85. The molecule has 1 amide bonds. The lowest BCUT2D eigenvalue weighted by Gasteiger charge is -2.02. The maximum atomic E-state index is 12.0. The fourth-order valence-electron chi connectivity index (χ4n) is 2.09. The Morgan fingerprint density at radius 1 is 1.24 bits per heavy atom. The lowest BCUT2D eigenvalue weighted by Crippen LogP contribution is -2.13. The van der Waals surface area contributed by atoms with Crippen molar-refractivity contribution < 1.29 is 14.1 Å². The number of rotatable bonds is 6. The van der Waals surface area contributed by atoms with Crippen molar-refractivity contribution in [2.75, 3.05) is 12.4 Å². The molecular weight excluding hydrogens is 388 g/mol. The summed E-state index contributed by atoms with van der Waals surface area (Å²) in [6.07, 6.45) is 2.20. The molecule has 7 nitrogen and oxygen atoms in total. The van der Waals surface area contributed by atoms with E-state index in [9.17, 15) is 4.79 Å². The van der Waals surface area contributed by atoms with Gasteiger partial charge in [0.1, 0.15) is 11.6 Å². The Hall–Kier alpha value is -2.74. The van der Waals surface area contributed by atoms with Gasteiger partial charge in [-0.2, -0.15) is 4.98 Å². The van der Waals surface area contributed by atoms with Crippen LogP contribution in [0.4, 0.5) is 5.82 Å². The van der Waals surface area contributed by atoms with Gasteiger partial charge in [0.05, 0.1) is 7.11 Å². The van der Waals surface area contributed by atoms with Crippen molar-refractivity contribution in [3.63, 3.8) is 0 Å². The summed E-state index contributed by atoms with van der Waals surface area (Å²) in [4.78, 5) is 20.3. The topological polar surface area (TPSA) is 90.1 Å². The highest BCUT2D eigenvalue weighted by atomic mass is 79.9. The second kappa shape index (κ2) is 7.89. The highest BCUT2D eigenvalue weighted by molar-refractivity contribution is 9.10. The molecule has 0 saturated heterocycles. The van der Waals surface area contributed by atoms with Crippen molar-refractivity contribution in [1.29, 1.82) is 0 Å². The van der Waals surface area contributed by atoms with Gasteiger partial charge in [0.25, 0.3) is 0 Å². The number of nitrogens with one attached hydrogen (secondary N) is 1. The van der Waals surface area contributed by atoms with E-state index in [0.717, 1.165) is 15.8 Å². The molecule has 8 heteroatoms. The van der Waals surface area contributed by atoms with E-state index in [1.807, 2.05) is 30.3 Å². The molecule has 0 aliphatic carbocycles. The lowest BCUT2D eigenvalue weighted by atomic mass is 10.2. The lowest BCUT2D eigenvalue weighted by molar-refractivity contribution is -0.116. The molecule has 0 aliphatic rings. The Bertz CT molecular complexity index is 847. The van der Waals surface area contributed by atoms with Crippen LogP contribution in [-0.4, -0.2) is 28.1 Å². The molecule has 1 N–H and O–H groups in total. The number of pyridine rings is 1. The predicted octanol–water partition coefficient (Wildman–Crippen LogP) is 3.47. The first-order valence-electron chi connectivity index (χ1n) is 7.52. The Morgan fingerprint density at radius 3 is 2.72 bits per heavy atom. The van der Waals surface area contributed by atoms with Gasteiger partial charge in [-0.3, -0.25) is 4.79 Å². The van der Waals surface area contributed by atoms with Crippen molar-refractivity contribution in [3.8, 4) is 17.1 Å². The first-order chi connectivity index (χ1) is 12.1. The van der Waals surface area contributed by atoms with Crippen LogP contribution in [0.3, 0.4) is 0 Å². The van der Waals surface area contributed by atoms with Gasteiger partial charge in [-0.05, 0) is 52.3 Å². The van der Waals surface area contributed by atoms with Gasteiger partial charge < -0.3 is 14.6 Å². The molecule has 3 rings (SSSR count). The molecular formula is C17H15BrN4O3. The Morgan fingerprint density at radius 2 is 2.04 bits per heavy atom. The van der Waals surface area contributed by atoms with E-state index >= 15 is 0 Å². The minimum absolute atomic E-state index is 0.168.